The van der Waals surface area contributed by atoms with Crippen molar-refractivity contribution in [3.63, 3.8) is 0 Å². The van der Waals surface area contributed by atoms with E-state index < -0.39 is 0 Å². The second-order valence-corrected chi connectivity index (χ2v) is 5.10. The van der Waals surface area contributed by atoms with Crippen molar-refractivity contribution in [3.05, 3.63) is 12.7 Å². The first kappa shape index (κ1) is 14.1. The molecule has 0 spiro atoms. The van der Waals surface area contributed by atoms with Crippen molar-refractivity contribution >= 4 is 12.4 Å². The second-order valence-electron chi connectivity index (χ2n) is 5.10. The van der Waals surface area contributed by atoms with E-state index in [9.17, 15) is 0 Å². The van der Waals surface area contributed by atoms with Crippen LogP contribution >= 0.6 is 0 Å². The summed E-state index contributed by atoms with van der Waals surface area (Å²) < 4.78 is 0. The summed E-state index contributed by atoms with van der Waals surface area (Å²) in [5, 5.41) is 0. The van der Waals surface area contributed by atoms with Crippen molar-refractivity contribution in [1.29, 1.82) is 0 Å². The number of hydrogen-bond acceptors (Lipinski definition) is 2. The molecule has 2 atom stereocenters. The summed E-state index contributed by atoms with van der Waals surface area (Å²) in [5.74, 6) is 0.602. The van der Waals surface area contributed by atoms with Crippen LogP contribution in [0.15, 0.2) is 22.6 Å². The van der Waals surface area contributed by atoms with Crippen LogP contribution < -0.4 is 0 Å². The average Bonchev–Trinajstić information content (AvgIpc) is 2.74. The first-order chi connectivity index (χ1) is 8.21. The number of hydrogen-bond donors (Lipinski definition) is 0. The van der Waals surface area contributed by atoms with Gasteiger partial charge in [-0.25, -0.2) is 0 Å². The standard InChI is InChI=1S/C15H26N2/c1-5-9-15(6-2)10-8-13(11-15)14(12-16-4)17-7-3/h6,13H,2,4-5,7-12H2,1,3H3/b17-14+. The molecule has 0 bridgehead atoms. The predicted molar refractivity (Wildman–Crippen MR) is 77.3 cm³/mol. The fourth-order valence-corrected chi connectivity index (χ4v) is 3.08. The Morgan fingerprint density at radius 3 is 2.76 bits per heavy atom. The Morgan fingerprint density at radius 2 is 2.24 bits per heavy atom. The van der Waals surface area contributed by atoms with Crippen molar-refractivity contribution in [2.24, 2.45) is 21.3 Å². The molecule has 2 nitrogen and oxygen atoms in total. The van der Waals surface area contributed by atoms with Crippen LogP contribution in [0.4, 0.5) is 0 Å². The smallest absolute Gasteiger partial charge is 0.0763 e. The fourth-order valence-electron chi connectivity index (χ4n) is 3.08. The van der Waals surface area contributed by atoms with Crippen molar-refractivity contribution in [3.8, 4) is 0 Å². The summed E-state index contributed by atoms with van der Waals surface area (Å²) in [7, 11) is 0. The van der Waals surface area contributed by atoms with E-state index >= 15 is 0 Å². The minimum absolute atomic E-state index is 0.356. The van der Waals surface area contributed by atoms with Gasteiger partial charge >= 0.3 is 0 Å². The van der Waals surface area contributed by atoms with Crippen LogP contribution in [0.3, 0.4) is 0 Å². The maximum atomic E-state index is 4.60. The van der Waals surface area contributed by atoms with E-state index in [1.165, 1.54) is 37.8 Å². The summed E-state index contributed by atoms with van der Waals surface area (Å²) in [6.07, 6.45) is 8.38. The number of rotatable bonds is 7. The molecule has 0 heterocycles. The van der Waals surface area contributed by atoms with Crippen LogP contribution in [0, 0.1) is 11.3 Å². The Bertz CT molecular complexity index is 293. The number of aliphatic imine (C=N–C) groups is 2. The molecule has 96 valence electrons. The maximum absolute atomic E-state index is 4.60. The Balaban J connectivity index is 2.72. The first-order valence-electron chi connectivity index (χ1n) is 6.80. The van der Waals surface area contributed by atoms with E-state index in [1.807, 2.05) is 0 Å². The van der Waals surface area contributed by atoms with Crippen LogP contribution in [0.2, 0.25) is 0 Å². The molecule has 1 aliphatic rings. The molecule has 0 aromatic heterocycles. The molecule has 1 fully saturated rings. The van der Waals surface area contributed by atoms with Crippen LogP contribution in [0.1, 0.15) is 46.0 Å². The first-order valence-corrected chi connectivity index (χ1v) is 6.80. The van der Waals surface area contributed by atoms with Gasteiger partial charge in [0.1, 0.15) is 0 Å². The Morgan fingerprint density at radius 1 is 1.47 bits per heavy atom. The highest BCUT2D eigenvalue weighted by Gasteiger charge is 2.37. The van der Waals surface area contributed by atoms with Crippen molar-refractivity contribution in [2.45, 2.75) is 46.0 Å². The molecule has 17 heavy (non-hydrogen) atoms. The van der Waals surface area contributed by atoms with Gasteiger partial charge in [-0.3, -0.25) is 9.98 Å². The number of allylic oxidation sites excluding steroid dienone is 1. The van der Waals surface area contributed by atoms with E-state index in [4.69, 9.17) is 0 Å². The molecule has 0 amide bonds. The highest BCUT2D eigenvalue weighted by Crippen LogP contribution is 2.46. The lowest BCUT2D eigenvalue weighted by atomic mass is 9.80. The molecule has 0 saturated heterocycles. The molecule has 2 heteroatoms. The molecular weight excluding hydrogens is 208 g/mol. The molecular formula is C15H26N2. The van der Waals surface area contributed by atoms with E-state index in [0.29, 0.717) is 17.9 Å². The van der Waals surface area contributed by atoms with Gasteiger partial charge < -0.3 is 0 Å². The molecule has 0 N–H and O–H groups in total. The Labute approximate surface area is 106 Å². The van der Waals surface area contributed by atoms with Gasteiger partial charge in [0.05, 0.1) is 6.54 Å². The Kier molecular flexibility index (Phi) is 5.60. The molecule has 1 saturated carbocycles. The normalized spacial score (nSPS) is 29.3. The van der Waals surface area contributed by atoms with Crippen molar-refractivity contribution < 1.29 is 0 Å². The highest BCUT2D eigenvalue weighted by molar-refractivity contribution is 5.89. The van der Waals surface area contributed by atoms with Gasteiger partial charge in [-0.15, -0.1) is 6.58 Å². The van der Waals surface area contributed by atoms with Crippen molar-refractivity contribution in [1.82, 2.24) is 0 Å². The monoisotopic (exact) mass is 234 g/mol. The molecule has 1 aliphatic carbocycles. The van der Waals surface area contributed by atoms with Gasteiger partial charge in [-0.05, 0) is 50.7 Å². The zero-order valence-electron chi connectivity index (χ0n) is 11.4. The summed E-state index contributed by atoms with van der Waals surface area (Å²) in [6, 6.07) is 0. The van der Waals surface area contributed by atoms with Crippen LogP contribution in [0.25, 0.3) is 0 Å². The predicted octanol–water partition coefficient (Wildman–Crippen LogP) is 3.92. The highest BCUT2D eigenvalue weighted by atomic mass is 14.8. The minimum atomic E-state index is 0.356. The van der Waals surface area contributed by atoms with E-state index in [1.54, 1.807) is 0 Å². The topological polar surface area (TPSA) is 24.7 Å². The lowest BCUT2D eigenvalue weighted by molar-refractivity contribution is 0.354. The third kappa shape index (κ3) is 3.52. The largest absolute Gasteiger partial charge is 0.295 e. The zero-order chi connectivity index (χ0) is 12.7. The number of nitrogens with zero attached hydrogens (tertiary/aromatic N) is 2. The van der Waals surface area contributed by atoms with Crippen LogP contribution in [-0.2, 0) is 0 Å². The van der Waals surface area contributed by atoms with Gasteiger partial charge in [0.15, 0.2) is 0 Å². The quantitative estimate of drug-likeness (QED) is 0.471. The summed E-state index contributed by atoms with van der Waals surface area (Å²) in [4.78, 5) is 8.62. The maximum Gasteiger partial charge on any atom is 0.0763 e. The Hall–Kier alpha value is -0.920. The van der Waals surface area contributed by atoms with E-state index in [0.717, 1.165) is 6.54 Å². The molecule has 0 radical (unpaired) electrons. The zero-order valence-corrected chi connectivity index (χ0v) is 11.4. The second kappa shape index (κ2) is 6.73. The van der Waals surface area contributed by atoms with Gasteiger partial charge in [-0.1, -0.05) is 19.4 Å². The van der Waals surface area contributed by atoms with E-state index in [-0.39, 0.29) is 0 Å². The van der Waals surface area contributed by atoms with Gasteiger partial charge in [0, 0.05) is 12.3 Å². The lowest BCUT2D eigenvalue weighted by Gasteiger charge is -2.25. The van der Waals surface area contributed by atoms with Gasteiger partial charge in [0.2, 0.25) is 0 Å². The molecule has 0 aromatic rings. The lowest BCUT2D eigenvalue weighted by Crippen LogP contribution is -2.19. The molecule has 1 rings (SSSR count). The van der Waals surface area contributed by atoms with Gasteiger partial charge in [0.25, 0.3) is 0 Å². The summed E-state index contributed by atoms with van der Waals surface area (Å²) >= 11 is 0. The molecule has 0 aliphatic heterocycles. The van der Waals surface area contributed by atoms with E-state index in [2.05, 4.69) is 43.2 Å². The van der Waals surface area contributed by atoms with Crippen molar-refractivity contribution in [2.75, 3.05) is 13.1 Å². The molecule has 2 unspecified atom stereocenters. The van der Waals surface area contributed by atoms with Crippen LogP contribution in [-0.4, -0.2) is 25.5 Å². The third-order valence-electron chi connectivity index (χ3n) is 3.93. The third-order valence-corrected chi connectivity index (χ3v) is 3.93. The van der Waals surface area contributed by atoms with Crippen LogP contribution in [0.5, 0.6) is 0 Å². The minimum Gasteiger partial charge on any atom is -0.295 e. The molecule has 0 aromatic carbocycles. The van der Waals surface area contributed by atoms with Gasteiger partial charge in [-0.2, -0.15) is 0 Å². The summed E-state index contributed by atoms with van der Waals surface area (Å²) in [5.41, 5.74) is 1.61. The fraction of sp³-hybridized carbons (Fsp3) is 0.733. The SMILES string of the molecule is C=CC1(CCC)CCC(/C(CN=C)=N/CC)C1. The average molecular weight is 234 g/mol. The summed E-state index contributed by atoms with van der Waals surface area (Å²) in [6.45, 7) is 13.5.